The quantitative estimate of drug-likeness (QED) is 0.707. The third-order valence-corrected chi connectivity index (χ3v) is 3.47. The molecular formula is C13H20O2. The molecule has 0 aromatic carbocycles. The summed E-state index contributed by atoms with van der Waals surface area (Å²) in [6.45, 7) is 5.18. The monoisotopic (exact) mass is 208 g/mol. The predicted octanol–water partition coefficient (Wildman–Crippen LogP) is 2.64. The van der Waals surface area contributed by atoms with Crippen molar-refractivity contribution in [3.05, 3.63) is 24.0 Å². The fourth-order valence-corrected chi connectivity index (χ4v) is 2.33. The van der Waals surface area contributed by atoms with Crippen LogP contribution in [0.3, 0.4) is 0 Å². The van der Waals surface area contributed by atoms with Gasteiger partial charge in [-0.3, -0.25) is 0 Å². The predicted molar refractivity (Wildman–Crippen MR) is 60.3 cm³/mol. The Morgan fingerprint density at radius 2 is 2.33 bits per heavy atom. The molecule has 1 heterocycles. The highest BCUT2D eigenvalue weighted by Crippen LogP contribution is 2.36. The molecule has 1 aliphatic carbocycles. The topological polar surface area (TPSA) is 29.5 Å². The van der Waals surface area contributed by atoms with E-state index in [-0.39, 0.29) is 0 Å². The van der Waals surface area contributed by atoms with Crippen LogP contribution in [0, 0.1) is 11.8 Å². The van der Waals surface area contributed by atoms with Crippen LogP contribution in [0.5, 0.6) is 0 Å². The Hall–Kier alpha value is -0.760. The Morgan fingerprint density at radius 3 is 2.80 bits per heavy atom. The van der Waals surface area contributed by atoms with Gasteiger partial charge in [-0.15, -0.1) is 0 Å². The van der Waals surface area contributed by atoms with Gasteiger partial charge in [0.25, 0.3) is 0 Å². The van der Waals surface area contributed by atoms with E-state index in [0.29, 0.717) is 11.8 Å². The normalized spacial score (nSPS) is 35.5. The van der Waals surface area contributed by atoms with Gasteiger partial charge in [0.15, 0.2) is 0 Å². The molecule has 15 heavy (non-hydrogen) atoms. The lowest BCUT2D eigenvalue weighted by atomic mass is 9.79. The van der Waals surface area contributed by atoms with E-state index >= 15 is 0 Å². The summed E-state index contributed by atoms with van der Waals surface area (Å²) in [6, 6.07) is 0. The second kappa shape index (κ2) is 4.01. The zero-order valence-electron chi connectivity index (χ0n) is 9.57. The molecule has 1 aliphatic heterocycles. The van der Waals surface area contributed by atoms with Gasteiger partial charge < -0.3 is 9.84 Å². The second-order valence-electron chi connectivity index (χ2n) is 4.94. The van der Waals surface area contributed by atoms with Crippen molar-refractivity contribution in [1.29, 1.82) is 0 Å². The summed E-state index contributed by atoms with van der Waals surface area (Å²) in [5.41, 5.74) is -0.818. The van der Waals surface area contributed by atoms with Crippen molar-refractivity contribution < 1.29 is 9.84 Å². The molecule has 1 N–H and O–H groups in total. The van der Waals surface area contributed by atoms with Gasteiger partial charge in [-0.05, 0) is 36.8 Å². The first kappa shape index (κ1) is 10.7. The van der Waals surface area contributed by atoms with Gasteiger partial charge in [-0.1, -0.05) is 19.9 Å². The summed E-state index contributed by atoms with van der Waals surface area (Å²) in [5.74, 6) is 2.03. The fraction of sp³-hybridized carbons (Fsp3) is 0.692. The number of hydrogen-bond acceptors (Lipinski definition) is 2. The van der Waals surface area contributed by atoms with Crippen molar-refractivity contribution in [2.24, 2.45) is 11.8 Å². The Labute approximate surface area is 91.6 Å². The average Bonchev–Trinajstić information content (AvgIpc) is 2.71. The molecule has 0 spiro atoms. The molecule has 2 aliphatic rings. The van der Waals surface area contributed by atoms with E-state index in [9.17, 15) is 5.11 Å². The standard InChI is InChI=1S/C13H20O2/c1-10(2)11-5-7-13(14,8-6-11)12-4-3-9-15-12/h4-5,7,10-11,14H,3,6,8-9H2,1-2H3. The zero-order chi connectivity index (χ0) is 10.9. The SMILES string of the molecule is CC(C)C1C=CC(O)(C2=CCCO2)CC1. The van der Waals surface area contributed by atoms with Gasteiger partial charge in [0, 0.05) is 6.42 Å². The number of aliphatic hydroxyl groups is 1. The van der Waals surface area contributed by atoms with Crippen LogP contribution in [-0.4, -0.2) is 17.3 Å². The summed E-state index contributed by atoms with van der Waals surface area (Å²) in [4.78, 5) is 0. The average molecular weight is 208 g/mol. The molecule has 2 atom stereocenters. The lowest BCUT2D eigenvalue weighted by Crippen LogP contribution is -2.33. The van der Waals surface area contributed by atoms with Crippen LogP contribution in [-0.2, 0) is 4.74 Å². The van der Waals surface area contributed by atoms with E-state index in [2.05, 4.69) is 19.9 Å². The van der Waals surface area contributed by atoms with E-state index < -0.39 is 5.60 Å². The van der Waals surface area contributed by atoms with Crippen LogP contribution in [0.2, 0.25) is 0 Å². The minimum Gasteiger partial charge on any atom is -0.495 e. The molecule has 0 bridgehead atoms. The maximum atomic E-state index is 10.4. The molecule has 0 saturated carbocycles. The first-order valence-electron chi connectivity index (χ1n) is 5.87. The molecule has 0 saturated heterocycles. The highest BCUT2D eigenvalue weighted by Gasteiger charge is 2.35. The smallest absolute Gasteiger partial charge is 0.139 e. The Balaban J connectivity index is 2.09. The third-order valence-electron chi connectivity index (χ3n) is 3.47. The van der Waals surface area contributed by atoms with Crippen LogP contribution in [0.15, 0.2) is 24.0 Å². The van der Waals surface area contributed by atoms with Gasteiger partial charge in [0.1, 0.15) is 11.4 Å². The van der Waals surface area contributed by atoms with Crippen molar-refractivity contribution in [1.82, 2.24) is 0 Å². The number of ether oxygens (including phenoxy) is 1. The largest absolute Gasteiger partial charge is 0.495 e. The van der Waals surface area contributed by atoms with Crippen LogP contribution in [0.4, 0.5) is 0 Å². The molecule has 2 nitrogen and oxygen atoms in total. The third kappa shape index (κ3) is 2.10. The maximum Gasteiger partial charge on any atom is 0.139 e. The molecule has 2 unspecified atom stereocenters. The molecule has 0 fully saturated rings. The Morgan fingerprint density at radius 1 is 1.53 bits per heavy atom. The lowest BCUT2D eigenvalue weighted by molar-refractivity contribution is 0.0404. The molecule has 0 aromatic heterocycles. The van der Waals surface area contributed by atoms with E-state index in [4.69, 9.17) is 4.74 Å². The number of rotatable bonds is 2. The van der Waals surface area contributed by atoms with Crippen molar-refractivity contribution in [3.63, 3.8) is 0 Å². The number of hydrogen-bond donors (Lipinski definition) is 1. The van der Waals surface area contributed by atoms with E-state index in [1.807, 2.05) is 12.2 Å². The Kier molecular flexibility index (Phi) is 2.87. The summed E-state index contributed by atoms with van der Waals surface area (Å²) in [6.07, 6.45) is 8.86. The highest BCUT2D eigenvalue weighted by atomic mass is 16.5. The Bertz CT molecular complexity index is 291. The van der Waals surface area contributed by atoms with E-state index in [1.54, 1.807) is 0 Å². The molecule has 2 heteroatoms. The van der Waals surface area contributed by atoms with Crippen LogP contribution >= 0.6 is 0 Å². The number of allylic oxidation sites excluding steroid dienone is 1. The molecular weight excluding hydrogens is 188 g/mol. The molecule has 84 valence electrons. The maximum absolute atomic E-state index is 10.4. The summed E-state index contributed by atoms with van der Waals surface area (Å²) in [5, 5.41) is 10.4. The highest BCUT2D eigenvalue weighted by molar-refractivity contribution is 5.24. The van der Waals surface area contributed by atoms with E-state index in [0.717, 1.165) is 31.6 Å². The summed E-state index contributed by atoms with van der Waals surface area (Å²) in [7, 11) is 0. The summed E-state index contributed by atoms with van der Waals surface area (Å²) < 4.78 is 5.45. The lowest BCUT2D eigenvalue weighted by Gasteiger charge is -2.32. The van der Waals surface area contributed by atoms with E-state index in [1.165, 1.54) is 0 Å². The zero-order valence-corrected chi connectivity index (χ0v) is 9.57. The van der Waals surface area contributed by atoms with Gasteiger partial charge in [-0.25, -0.2) is 0 Å². The van der Waals surface area contributed by atoms with Gasteiger partial charge in [0.2, 0.25) is 0 Å². The molecule has 0 aromatic rings. The minimum atomic E-state index is -0.818. The molecule has 2 rings (SSSR count). The van der Waals surface area contributed by atoms with Crippen LogP contribution in [0.25, 0.3) is 0 Å². The van der Waals surface area contributed by atoms with Crippen molar-refractivity contribution in [3.8, 4) is 0 Å². The van der Waals surface area contributed by atoms with Gasteiger partial charge in [0.05, 0.1) is 6.61 Å². The van der Waals surface area contributed by atoms with Crippen molar-refractivity contribution >= 4 is 0 Å². The first-order valence-corrected chi connectivity index (χ1v) is 5.87. The van der Waals surface area contributed by atoms with Crippen LogP contribution in [0.1, 0.15) is 33.1 Å². The van der Waals surface area contributed by atoms with Gasteiger partial charge >= 0.3 is 0 Å². The van der Waals surface area contributed by atoms with Gasteiger partial charge in [-0.2, -0.15) is 0 Å². The molecule has 0 radical (unpaired) electrons. The fourth-order valence-electron chi connectivity index (χ4n) is 2.33. The van der Waals surface area contributed by atoms with Crippen molar-refractivity contribution in [2.45, 2.75) is 38.7 Å². The summed E-state index contributed by atoms with van der Waals surface area (Å²) >= 11 is 0. The van der Waals surface area contributed by atoms with Crippen molar-refractivity contribution in [2.75, 3.05) is 6.61 Å². The molecule has 0 amide bonds. The second-order valence-corrected chi connectivity index (χ2v) is 4.94. The van der Waals surface area contributed by atoms with Crippen LogP contribution < -0.4 is 0 Å². The first-order chi connectivity index (χ1) is 7.12. The minimum absolute atomic E-state index is 0.604.